The Labute approximate surface area is 695 Å². The summed E-state index contributed by atoms with van der Waals surface area (Å²) in [5.41, 5.74) is 5.59. The van der Waals surface area contributed by atoms with Crippen molar-refractivity contribution in [3.8, 4) is 35.8 Å². The van der Waals surface area contributed by atoms with Gasteiger partial charge in [0.25, 0.3) is 22.2 Å². The van der Waals surface area contributed by atoms with Crippen LogP contribution in [0, 0.1) is 24.7 Å². The van der Waals surface area contributed by atoms with Crippen LogP contribution in [0.1, 0.15) is 66.9 Å². The summed E-state index contributed by atoms with van der Waals surface area (Å²) in [5.74, 6) is 5.39. The van der Waals surface area contributed by atoms with Crippen LogP contribution in [0.5, 0.6) is 0 Å². The lowest BCUT2D eigenvalue weighted by Gasteiger charge is -2.33. The molecule has 5 aromatic heterocycles. The Hall–Kier alpha value is -9.95. The lowest BCUT2D eigenvalue weighted by molar-refractivity contribution is -0.187. The highest BCUT2D eigenvalue weighted by Crippen LogP contribution is 2.49. The van der Waals surface area contributed by atoms with Gasteiger partial charge < -0.3 is 78.4 Å². The first-order chi connectivity index (χ1) is 58.0. The number of carbonyl (C=O) groups is 1. The molecule has 0 spiro atoms. The van der Waals surface area contributed by atoms with E-state index in [9.17, 15) is 68.7 Å². The van der Waals surface area contributed by atoms with Crippen LogP contribution in [0.2, 0.25) is 0 Å². The molecule has 11 aliphatic heterocycles. The van der Waals surface area contributed by atoms with E-state index in [1.54, 1.807) is 9.58 Å². The van der Waals surface area contributed by atoms with E-state index in [1.807, 2.05) is 18.3 Å². The maximum atomic E-state index is 12.5. The van der Waals surface area contributed by atoms with Gasteiger partial charge in [-0.05, 0) is 53.7 Å². The number of aliphatic hydroxyl groups excluding tert-OH is 5. The SMILES string of the molecule is C#CCN1CCN(C(=O)OCC2c3ccccc3-c3ccccc32)CC1.C#CCN1CCNCC1.O=c1ccn([C@@H]2O[C@@]3(CI)COC2[C@H]3O)c(=O)[nH]1.O=c1ccn([C@@H]2O[C@@]3(CO)COC2[C@H]3O)c(=O)[nH]1.O=c1ccn([C@@H]2O[C@@]3(Cn4cc(CN5CCCCC5)nn4)COC2[C@H]3O)c(=O)[nH]1.[N-]=[N+]=NC[C@@]12COC([C@H](n3ccc(=O)[nH]c3=O)O1)[C@H]2O. The van der Waals surface area contributed by atoms with Gasteiger partial charge in [0.05, 0.1) is 64.9 Å². The second-order valence-electron chi connectivity index (χ2n) is 30.7. The minimum atomic E-state index is -1.19. The summed E-state index contributed by atoms with van der Waals surface area (Å²) in [6.07, 6.45) is 11.3. The third-order valence-electron chi connectivity index (χ3n) is 23.1. The van der Waals surface area contributed by atoms with Crippen molar-refractivity contribution in [3.63, 3.8) is 0 Å². The zero-order chi connectivity index (χ0) is 84.6. The topological polar surface area (TPSA) is 525 Å². The number of azide groups is 1. The van der Waals surface area contributed by atoms with Crippen LogP contribution < -0.4 is 50.3 Å². The second kappa shape index (κ2) is 37.6. The second-order valence-corrected chi connectivity index (χ2v) is 31.4. The van der Waals surface area contributed by atoms with Crippen LogP contribution in [0.4, 0.5) is 4.79 Å². The smallest absolute Gasteiger partial charge is 0.409 e. The molecule has 7 aromatic rings. The Bertz CT molecular complexity index is 5290. The molecule has 12 aliphatic rings. The molecule has 11 saturated heterocycles. The summed E-state index contributed by atoms with van der Waals surface area (Å²) >= 11 is 2.12. The van der Waals surface area contributed by atoms with Crippen LogP contribution in [-0.4, -0.2) is 305 Å². The fraction of sp³-hybridized carbons (Fsp3) is 0.545. The number of carbonyl (C=O) groups excluding carboxylic acids is 1. The molecule has 4 unspecified atom stereocenters. The Morgan fingerprint density at radius 3 is 1.43 bits per heavy atom. The van der Waals surface area contributed by atoms with Gasteiger partial charge >= 0.3 is 28.9 Å². The van der Waals surface area contributed by atoms with E-state index in [4.69, 9.17) is 61.0 Å². The molecule has 16 atom stereocenters. The van der Waals surface area contributed by atoms with Gasteiger partial charge in [-0.2, -0.15) is 0 Å². The van der Waals surface area contributed by atoms with Crippen LogP contribution in [0.15, 0.2) is 147 Å². The van der Waals surface area contributed by atoms with Crippen molar-refractivity contribution in [3.05, 3.63) is 214 Å². The summed E-state index contributed by atoms with van der Waals surface area (Å²) in [6.45, 7) is 12.4. The summed E-state index contributed by atoms with van der Waals surface area (Å²) in [7, 11) is 0. The number of piperazine rings is 2. The molecule has 19 rings (SSSR count). The predicted octanol–water partition coefficient (Wildman–Crippen LogP) is -3.02. The Kier molecular flexibility index (Phi) is 27.1. The number of likely N-dealkylation sites (tertiary alicyclic amines) is 1. The number of terminal acetylenes is 2. The largest absolute Gasteiger partial charge is 0.448 e. The third-order valence-corrected chi connectivity index (χ3v) is 24.4. The number of alkyl halides is 1. The standard InChI is InChI=1S/C22H22N2O2.C18H24N6O5.C10H11IN2O5.C10H11N5O5.C10H12N2O6.C7H12N2/c1-2-11-23-12-14-24(15-13-23)22(25)26-16-21-19-9-5-3-7-17(19)18-8-4-6-10-20(18)21;25-13-4-7-24(17(27)19-13)16-14-15(26)18(29-16,11-28-14)10-23-9-12(20-21-23)8-22-5-2-1-3-6-22;11-3-10-4-17-6(7(10)15)8(18-10)13-2-1-5(14)12-9(13)16;11-14-12-3-10-4-19-6(7(10)17)8(20-10)15-2-1-5(16)13-9(15)18;13-3-10-4-17-6(7(10)15)8(18-10)12-2-1-5(14)11-9(12)16;1-2-5-9-6-3-8-4-7-9/h1,3-10,21H,11-16H2;4,7,9,14-16,26H,1-3,5-6,8,10-11H2,(H,19,25,27);1-2,6-8,15H,3-4H2,(H,12,14,16);1-2,6-8,17H,3-4H2,(H,13,16,18);1-2,6-8,13,15H,3-4H2,(H,11,14,16);1,8H,3-7H2/t;14?,15-,16-,18+;3*6?,7-,8-,10+;/m.1111./s1. The van der Waals surface area contributed by atoms with Crippen molar-refractivity contribution in [1.29, 1.82) is 0 Å². The molecular formula is C77H92IN19O23. The summed E-state index contributed by atoms with van der Waals surface area (Å²) in [5, 5.41) is 65.4. The van der Waals surface area contributed by atoms with E-state index in [0.29, 0.717) is 37.3 Å². The first-order valence-electron chi connectivity index (χ1n) is 39.0. The highest BCUT2D eigenvalue weighted by Gasteiger charge is 2.65. The zero-order valence-corrected chi connectivity index (χ0v) is 67.0. The highest BCUT2D eigenvalue weighted by molar-refractivity contribution is 14.1. The highest BCUT2D eigenvalue weighted by atomic mass is 127. The molecule has 120 heavy (non-hydrogen) atoms. The molecular weight excluding hydrogens is 1690 g/mol. The van der Waals surface area contributed by atoms with Gasteiger partial charge in [0.2, 0.25) is 0 Å². The molecule has 8 bridgehead atoms. The number of aromatic amines is 4. The van der Waals surface area contributed by atoms with Gasteiger partial charge in [-0.15, -0.1) is 17.9 Å². The maximum absolute atomic E-state index is 12.5. The number of rotatable bonds is 16. The van der Waals surface area contributed by atoms with Gasteiger partial charge in [-0.25, -0.2) is 28.7 Å². The molecule has 2 aromatic carbocycles. The minimum absolute atomic E-state index is 0.0734. The average molecular weight is 1780 g/mol. The lowest BCUT2D eigenvalue weighted by Crippen LogP contribution is -2.49. The molecule has 11 fully saturated rings. The van der Waals surface area contributed by atoms with E-state index in [-0.39, 0.29) is 44.9 Å². The van der Waals surface area contributed by atoms with Crippen LogP contribution in [0.3, 0.4) is 0 Å². The number of ether oxygens (including phenoxy) is 9. The number of piperidine rings is 1. The number of aliphatic hydroxyl groups is 5. The van der Waals surface area contributed by atoms with Gasteiger partial charge in [0, 0.05) is 129 Å². The fourth-order valence-electron chi connectivity index (χ4n) is 16.7. The average Bonchev–Trinajstić information content (AvgIpc) is 1.63. The lowest BCUT2D eigenvalue weighted by atomic mass is 9.98. The van der Waals surface area contributed by atoms with Crippen molar-refractivity contribution in [2.45, 2.75) is 134 Å². The molecule has 640 valence electrons. The number of amides is 1. The van der Waals surface area contributed by atoms with E-state index in [0.717, 1.165) is 80.3 Å². The molecule has 0 saturated carbocycles. The van der Waals surface area contributed by atoms with Gasteiger partial charge in [-0.3, -0.25) is 72.1 Å². The van der Waals surface area contributed by atoms with Gasteiger partial charge in [0.1, 0.15) is 77.8 Å². The molecule has 1 amide bonds. The maximum Gasteiger partial charge on any atom is 0.409 e. The Balaban J connectivity index is 0.000000121. The first kappa shape index (κ1) is 86.4. The predicted molar refractivity (Wildman–Crippen MR) is 429 cm³/mol. The van der Waals surface area contributed by atoms with E-state index in [1.165, 1.54) is 99.7 Å². The van der Waals surface area contributed by atoms with Crippen molar-refractivity contribution < 1.29 is 73.0 Å². The minimum Gasteiger partial charge on any atom is -0.448 e. The van der Waals surface area contributed by atoms with Crippen LogP contribution in [0.25, 0.3) is 21.6 Å². The molecule has 42 nitrogen and oxygen atoms in total. The number of hydrogen-bond acceptors (Lipinski definition) is 30. The van der Waals surface area contributed by atoms with Crippen molar-refractivity contribution >= 4 is 28.7 Å². The van der Waals surface area contributed by atoms with Crippen molar-refractivity contribution in [2.24, 2.45) is 5.11 Å². The third kappa shape index (κ3) is 18.0. The molecule has 43 heteroatoms. The van der Waals surface area contributed by atoms with E-state index < -0.39 is 148 Å². The van der Waals surface area contributed by atoms with Crippen LogP contribution >= 0.6 is 22.6 Å². The Morgan fingerprint density at radius 1 is 0.558 bits per heavy atom. The molecule has 0 radical (unpaired) electrons. The summed E-state index contributed by atoms with van der Waals surface area (Å²) < 4.78 is 57.7. The van der Waals surface area contributed by atoms with Gasteiger partial charge in [-0.1, -0.05) is 99.7 Å². The molecule has 1 aliphatic carbocycles. The number of benzene rings is 2. The van der Waals surface area contributed by atoms with Crippen molar-refractivity contribution in [1.82, 2.24) is 78.1 Å². The van der Waals surface area contributed by atoms with Crippen molar-refractivity contribution in [2.75, 3.05) is 129 Å². The van der Waals surface area contributed by atoms with Gasteiger partial charge in [0.15, 0.2) is 24.9 Å². The van der Waals surface area contributed by atoms with Crippen LogP contribution in [-0.2, 0) is 55.7 Å². The first-order valence-corrected chi connectivity index (χ1v) is 40.6. The fourth-order valence-corrected chi connectivity index (χ4v) is 17.5. The zero-order valence-electron chi connectivity index (χ0n) is 64.9. The number of H-pyrrole nitrogens is 4. The summed E-state index contributed by atoms with van der Waals surface area (Å²) in [4.78, 5) is 124. The number of aromatic nitrogens is 11. The molecule has 10 N–H and O–H groups in total. The monoisotopic (exact) mass is 1780 g/mol. The normalized spacial score (nSPS) is 30.2. The summed E-state index contributed by atoms with van der Waals surface area (Å²) in [6, 6.07) is 21.6. The van der Waals surface area contributed by atoms with E-state index >= 15 is 0 Å². The van der Waals surface area contributed by atoms with E-state index in [2.05, 4.69) is 131 Å². The number of nitrogens with one attached hydrogen (secondary N) is 5. The Morgan fingerprint density at radius 2 is 0.975 bits per heavy atom. The number of fused-ring (bicyclic) bond motifs is 11. The quantitative estimate of drug-likeness (QED) is 0.0115. The number of nitrogens with zero attached hydrogens (tertiary/aromatic N) is 14. The number of hydrogen-bond donors (Lipinski definition) is 10. The number of halogens is 1. The molecule has 16 heterocycles.